The molecule has 0 bridgehead atoms. The Morgan fingerprint density at radius 3 is 2.53 bits per heavy atom. The molecular weight excluding hydrogens is 230 g/mol. The van der Waals surface area contributed by atoms with Gasteiger partial charge in [-0.05, 0) is 0 Å². The fraction of sp³-hybridized carbons (Fsp3) is 0.333. The summed E-state index contributed by atoms with van der Waals surface area (Å²) in [6, 6.07) is 8.71. The molecule has 1 aromatic rings. The number of halogens is 2. The van der Waals surface area contributed by atoms with Crippen LogP contribution in [0.4, 0.5) is 9.41 Å². The van der Waals surface area contributed by atoms with Crippen LogP contribution in [-0.2, 0) is 24.2 Å². The monoisotopic (exact) mass is 245 g/mol. The smallest absolute Gasteiger partial charge is 0.269 e. The maximum absolute atomic E-state index is 2.35. The van der Waals surface area contributed by atoms with Crippen molar-refractivity contribution in [3.63, 3.8) is 0 Å². The molecule has 0 N–H and O–H groups in total. The summed E-state index contributed by atoms with van der Waals surface area (Å²) in [5.74, 6) is 0. The van der Waals surface area contributed by atoms with Gasteiger partial charge >= 0.3 is 91.5 Å². The molecule has 2 rings (SSSR count). The molecule has 1 aliphatic carbocycles. The van der Waals surface area contributed by atoms with Gasteiger partial charge in [0, 0.05) is 0 Å². The molecule has 0 amide bonds. The molecule has 1 aliphatic rings. The van der Waals surface area contributed by atoms with Gasteiger partial charge in [-0.25, -0.2) is 0 Å². The normalized spacial score (nSPS) is 21.3. The van der Waals surface area contributed by atoms with Crippen LogP contribution in [0.25, 0.3) is 6.08 Å². The first kappa shape index (κ1) is 14.5. The Labute approximate surface area is 101 Å². The molecule has 1 aromatic carbocycles. The largest absolute Gasteiger partial charge is 0.269 e. The predicted molar refractivity (Wildman–Crippen MR) is 57.1 cm³/mol. The van der Waals surface area contributed by atoms with E-state index >= 15 is 0 Å². The van der Waals surface area contributed by atoms with Crippen LogP contribution in [0.15, 0.2) is 30.3 Å². The summed E-state index contributed by atoms with van der Waals surface area (Å²) in [4.78, 5) is 0. The van der Waals surface area contributed by atoms with E-state index in [1.54, 1.807) is 0 Å². The molecular formula is C12H15F2Ti. The maximum atomic E-state index is 2.35. The average Bonchev–Trinajstić information content (AvgIpc) is 2.46. The molecule has 0 saturated carbocycles. The zero-order valence-corrected chi connectivity index (χ0v) is 10.3. The summed E-state index contributed by atoms with van der Waals surface area (Å²) >= 11 is 2.33. The quantitative estimate of drug-likeness (QED) is 0.699. The fourth-order valence-corrected chi connectivity index (χ4v) is 2.86. The second-order valence-corrected chi connectivity index (χ2v) is 5.04. The summed E-state index contributed by atoms with van der Waals surface area (Å²) in [6.45, 7) is 2.25. The second kappa shape index (κ2) is 5.57. The van der Waals surface area contributed by atoms with Gasteiger partial charge in [0.15, 0.2) is 0 Å². The topological polar surface area (TPSA) is 0 Å². The van der Waals surface area contributed by atoms with E-state index in [1.807, 2.05) is 0 Å². The molecule has 0 aromatic heterocycles. The third kappa shape index (κ3) is 2.56. The van der Waals surface area contributed by atoms with E-state index in [4.69, 9.17) is 0 Å². The Bertz CT molecular complexity index is 349. The first-order valence-electron chi connectivity index (χ1n) is 4.80. The molecule has 0 saturated heterocycles. The van der Waals surface area contributed by atoms with Crippen LogP contribution >= 0.6 is 0 Å². The Balaban J connectivity index is 0.000000980. The summed E-state index contributed by atoms with van der Waals surface area (Å²) < 4.78 is 0.297. The van der Waals surface area contributed by atoms with Crippen LogP contribution in [0.5, 0.6) is 0 Å². The van der Waals surface area contributed by atoms with Crippen molar-refractivity contribution in [2.24, 2.45) is 0 Å². The molecule has 1 atom stereocenters. The van der Waals surface area contributed by atoms with E-state index in [2.05, 4.69) is 63.8 Å². The number of hydrogen-bond donors (Lipinski definition) is 0. The molecule has 1 unspecified atom stereocenters. The predicted octanol–water partition coefficient (Wildman–Crippen LogP) is 3.56. The Hall–Kier alpha value is -0.466. The molecule has 0 aliphatic heterocycles. The van der Waals surface area contributed by atoms with E-state index in [1.165, 1.54) is 24.0 Å². The molecule has 0 heterocycles. The summed E-state index contributed by atoms with van der Waals surface area (Å²) in [5.41, 5.74) is 2.90. The van der Waals surface area contributed by atoms with Gasteiger partial charge in [0.2, 0.25) is 0 Å². The first-order valence-corrected chi connectivity index (χ1v) is 5.58. The zero-order valence-electron chi connectivity index (χ0n) is 8.69. The molecule has 0 nitrogen and oxygen atoms in total. The van der Waals surface area contributed by atoms with E-state index in [0.717, 1.165) is 0 Å². The van der Waals surface area contributed by atoms with Gasteiger partial charge in [-0.15, -0.1) is 0 Å². The molecule has 15 heavy (non-hydrogen) atoms. The van der Waals surface area contributed by atoms with E-state index < -0.39 is 0 Å². The second-order valence-electron chi connectivity index (χ2n) is 3.64. The average molecular weight is 245 g/mol. The Morgan fingerprint density at radius 2 is 1.87 bits per heavy atom. The van der Waals surface area contributed by atoms with Crippen molar-refractivity contribution in [3.8, 4) is 0 Å². The van der Waals surface area contributed by atoms with Crippen LogP contribution in [0.3, 0.4) is 0 Å². The number of benzene rings is 1. The van der Waals surface area contributed by atoms with Crippen LogP contribution in [0.2, 0.25) is 0 Å². The number of fused-ring (bicyclic) bond motifs is 1. The van der Waals surface area contributed by atoms with Crippen molar-refractivity contribution >= 4 is 6.08 Å². The van der Waals surface area contributed by atoms with Crippen LogP contribution in [0.1, 0.15) is 30.9 Å². The molecule has 0 fully saturated rings. The van der Waals surface area contributed by atoms with Gasteiger partial charge in [-0.2, -0.15) is 0 Å². The van der Waals surface area contributed by atoms with Gasteiger partial charge in [0.05, 0.1) is 0 Å². The fourth-order valence-electron chi connectivity index (χ4n) is 1.98. The van der Waals surface area contributed by atoms with Gasteiger partial charge in [-0.3, -0.25) is 9.41 Å². The summed E-state index contributed by atoms with van der Waals surface area (Å²) in [5, 5.41) is 0. The van der Waals surface area contributed by atoms with Crippen molar-refractivity contribution in [1.82, 2.24) is 0 Å². The van der Waals surface area contributed by atoms with Crippen LogP contribution in [-0.4, -0.2) is 0 Å². The van der Waals surface area contributed by atoms with E-state index in [9.17, 15) is 0 Å². The van der Waals surface area contributed by atoms with Crippen molar-refractivity contribution in [3.05, 3.63) is 41.5 Å². The molecule has 0 spiro atoms. The van der Waals surface area contributed by atoms with Gasteiger partial charge in [-0.1, -0.05) is 0 Å². The summed E-state index contributed by atoms with van der Waals surface area (Å²) in [6.07, 6.45) is 7.10. The minimum Gasteiger partial charge on any atom is -0.269 e. The van der Waals surface area contributed by atoms with E-state index in [-0.39, 0.29) is 9.41 Å². The third-order valence-corrected chi connectivity index (χ3v) is 3.70. The number of rotatable bonds is 2. The van der Waals surface area contributed by atoms with Crippen LogP contribution in [0, 0.1) is 0 Å². The number of hydrogen-bond acceptors (Lipinski definition) is 0. The maximum Gasteiger partial charge on any atom is -0.269 e. The SMILES string of the molecule is CCC[C]1([Ti])C=Cc2ccccc21.F.F. The van der Waals surface area contributed by atoms with Crippen molar-refractivity contribution < 1.29 is 29.8 Å². The van der Waals surface area contributed by atoms with Gasteiger partial charge < -0.3 is 0 Å². The van der Waals surface area contributed by atoms with Gasteiger partial charge in [0.1, 0.15) is 0 Å². The minimum atomic E-state index is 0. The Morgan fingerprint density at radius 1 is 1.20 bits per heavy atom. The van der Waals surface area contributed by atoms with Crippen molar-refractivity contribution in [2.45, 2.75) is 23.5 Å². The standard InChI is InChI=1S/C12H13.2FH.Ti/c1-2-5-10-8-9-11-6-3-4-7-12(10)11;;;/h3-4,6-9H,2,5H2,1H3;2*1H;. The zero-order chi connectivity index (χ0) is 9.31. The van der Waals surface area contributed by atoms with Crippen LogP contribution < -0.4 is 0 Å². The number of allylic oxidation sites excluding steroid dienone is 1. The molecule has 3 heteroatoms. The molecule has 81 valence electrons. The minimum absolute atomic E-state index is 0. The third-order valence-electron chi connectivity index (χ3n) is 2.63. The van der Waals surface area contributed by atoms with Gasteiger partial charge in [0.25, 0.3) is 0 Å². The van der Waals surface area contributed by atoms with E-state index in [0.29, 0.717) is 3.72 Å². The summed E-state index contributed by atoms with van der Waals surface area (Å²) in [7, 11) is 0. The first-order chi connectivity index (χ1) is 6.26. The Kier molecular flexibility index (Phi) is 5.40. The molecule has 0 radical (unpaired) electrons. The van der Waals surface area contributed by atoms with Crippen molar-refractivity contribution in [1.29, 1.82) is 0 Å². The van der Waals surface area contributed by atoms with Crippen molar-refractivity contribution in [2.75, 3.05) is 0 Å².